The fraction of sp³-hybridized carbons (Fsp3) is 0.588. The summed E-state index contributed by atoms with van der Waals surface area (Å²) in [5.74, 6) is 2.31. The van der Waals surface area contributed by atoms with Crippen LogP contribution in [0.5, 0.6) is 0 Å². The normalized spacial score (nSPS) is 35.6. The predicted octanol–water partition coefficient (Wildman–Crippen LogP) is 4.20. The Hall–Kier alpha value is -0.770. The molecule has 0 heterocycles. The molecule has 0 unspecified atom stereocenters. The number of amides is 1. The van der Waals surface area contributed by atoms with Gasteiger partial charge < -0.3 is 0 Å². The lowest BCUT2D eigenvalue weighted by molar-refractivity contribution is -0.0257. The summed E-state index contributed by atoms with van der Waals surface area (Å²) in [6.45, 7) is 0. The highest BCUT2D eigenvalue weighted by atomic mass is 35.5. The lowest BCUT2D eigenvalue weighted by atomic mass is 9.53. The number of nitrogens with one attached hydrogen (secondary N) is 2. The van der Waals surface area contributed by atoms with Gasteiger partial charge in [0.2, 0.25) is 0 Å². The van der Waals surface area contributed by atoms with E-state index in [1.807, 2.05) is 0 Å². The SMILES string of the molecule is O=C(NNC12CC3CC(CC(C3)C1)C2)c1cc(Cl)ccc1Cl. The molecule has 4 saturated carbocycles. The summed E-state index contributed by atoms with van der Waals surface area (Å²) in [4.78, 5) is 12.4. The van der Waals surface area contributed by atoms with Crippen molar-refractivity contribution in [3.05, 3.63) is 33.8 Å². The summed E-state index contributed by atoms with van der Waals surface area (Å²) in [5, 5.41) is 0.943. The number of carbonyl (C=O) groups excluding carboxylic acids is 1. The zero-order valence-corrected chi connectivity index (χ0v) is 13.9. The maximum atomic E-state index is 12.4. The number of carbonyl (C=O) groups is 1. The van der Waals surface area contributed by atoms with Crippen LogP contribution in [0.4, 0.5) is 0 Å². The van der Waals surface area contributed by atoms with E-state index in [2.05, 4.69) is 10.9 Å². The van der Waals surface area contributed by atoms with Crippen LogP contribution in [0.25, 0.3) is 0 Å². The molecule has 2 N–H and O–H groups in total. The van der Waals surface area contributed by atoms with Gasteiger partial charge in [0.15, 0.2) is 0 Å². The maximum absolute atomic E-state index is 12.4. The molecule has 4 aliphatic carbocycles. The van der Waals surface area contributed by atoms with Crippen molar-refractivity contribution in [3.63, 3.8) is 0 Å². The zero-order chi connectivity index (χ0) is 15.3. The second-order valence-electron chi connectivity index (χ2n) is 7.40. The lowest BCUT2D eigenvalue weighted by Gasteiger charge is -2.56. The van der Waals surface area contributed by atoms with Crippen molar-refractivity contribution >= 4 is 29.1 Å². The molecule has 118 valence electrons. The summed E-state index contributed by atoms with van der Waals surface area (Å²) in [6.07, 6.45) is 7.70. The highest BCUT2D eigenvalue weighted by Crippen LogP contribution is 2.55. The Kier molecular flexibility index (Phi) is 3.63. The Bertz CT molecular complexity index is 581. The first-order chi connectivity index (χ1) is 10.5. The minimum Gasteiger partial charge on any atom is -0.287 e. The molecular weight excluding hydrogens is 319 g/mol. The molecule has 0 aromatic heterocycles. The number of benzene rings is 1. The van der Waals surface area contributed by atoms with Gasteiger partial charge in [-0.2, -0.15) is 0 Å². The van der Waals surface area contributed by atoms with Gasteiger partial charge in [-0.25, -0.2) is 5.43 Å². The van der Waals surface area contributed by atoms with Crippen LogP contribution in [0.3, 0.4) is 0 Å². The molecule has 0 spiro atoms. The average Bonchev–Trinajstić information content (AvgIpc) is 2.46. The van der Waals surface area contributed by atoms with Gasteiger partial charge >= 0.3 is 0 Å². The zero-order valence-electron chi connectivity index (χ0n) is 12.4. The Balaban J connectivity index is 1.46. The summed E-state index contributed by atoms with van der Waals surface area (Å²) >= 11 is 12.1. The fourth-order valence-electron chi connectivity index (χ4n) is 5.19. The predicted molar refractivity (Wildman–Crippen MR) is 88.0 cm³/mol. The van der Waals surface area contributed by atoms with Crippen molar-refractivity contribution in [2.75, 3.05) is 0 Å². The van der Waals surface area contributed by atoms with Crippen molar-refractivity contribution in [1.82, 2.24) is 10.9 Å². The fourth-order valence-corrected chi connectivity index (χ4v) is 5.57. The quantitative estimate of drug-likeness (QED) is 0.811. The molecule has 5 heteroatoms. The first kappa shape index (κ1) is 14.8. The van der Waals surface area contributed by atoms with E-state index in [1.165, 1.54) is 38.5 Å². The number of rotatable bonds is 3. The Labute approximate surface area is 140 Å². The molecule has 1 aromatic rings. The Morgan fingerprint density at radius 1 is 1.05 bits per heavy atom. The van der Waals surface area contributed by atoms with Crippen LogP contribution >= 0.6 is 23.2 Å². The summed E-state index contributed by atoms with van der Waals surface area (Å²) in [6, 6.07) is 4.96. The monoisotopic (exact) mass is 338 g/mol. The topological polar surface area (TPSA) is 41.1 Å². The minimum atomic E-state index is -0.205. The van der Waals surface area contributed by atoms with Crippen LogP contribution in [0.2, 0.25) is 10.0 Å². The third kappa shape index (κ3) is 2.64. The molecular formula is C17H20Cl2N2O. The molecule has 4 aliphatic rings. The highest BCUT2D eigenvalue weighted by Gasteiger charge is 2.51. The van der Waals surface area contributed by atoms with Crippen LogP contribution in [0.1, 0.15) is 48.9 Å². The summed E-state index contributed by atoms with van der Waals surface area (Å²) in [7, 11) is 0. The van der Waals surface area contributed by atoms with Gasteiger partial charge in [0.05, 0.1) is 10.6 Å². The molecule has 1 amide bonds. The maximum Gasteiger partial charge on any atom is 0.266 e. The van der Waals surface area contributed by atoms with Crippen LogP contribution in [0, 0.1) is 17.8 Å². The van der Waals surface area contributed by atoms with Crippen molar-refractivity contribution < 1.29 is 4.79 Å². The van der Waals surface area contributed by atoms with Gasteiger partial charge in [-0.15, -0.1) is 0 Å². The number of hydrogen-bond donors (Lipinski definition) is 2. The van der Waals surface area contributed by atoms with Crippen LogP contribution in [-0.4, -0.2) is 11.4 Å². The smallest absolute Gasteiger partial charge is 0.266 e. The molecule has 5 rings (SSSR count). The lowest BCUT2D eigenvalue weighted by Crippen LogP contribution is -2.62. The van der Waals surface area contributed by atoms with E-state index >= 15 is 0 Å². The number of halogens is 2. The van der Waals surface area contributed by atoms with Crippen molar-refractivity contribution in [2.45, 2.75) is 44.1 Å². The van der Waals surface area contributed by atoms with E-state index in [-0.39, 0.29) is 11.4 Å². The first-order valence-corrected chi connectivity index (χ1v) is 8.81. The highest BCUT2D eigenvalue weighted by molar-refractivity contribution is 6.35. The average molecular weight is 339 g/mol. The second-order valence-corrected chi connectivity index (χ2v) is 8.24. The van der Waals surface area contributed by atoms with Gasteiger partial charge in [-0.3, -0.25) is 10.2 Å². The molecule has 4 fully saturated rings. The Morgan fingerprint density at radius 3 is 2.23 bits per heavy atom. The molecule has 0 saturated heterocycles. The van der Waals surface area contributed by atoms with E-state index in [0.29, 0.717) is 15.6 Å². The van der Waals surface area contributed by atoms with E-state index in [4.69, 9.17) is 23.2 Å². The van der Waals surface area contributed by atoms with E-state index in [0.717, 1.165) is 17.8 Å². The number of hydrazine groups is 1. The molecule has 0 atom stereocenters. The van der Waals surface area contributed by atoms with Crippen LogP contribution in [0.15, 0.2) is 18.2 Å². The van der Waals surface area contributed by atoms with E-state index in [9.17, 15) is 4.79 Å². The summed E-state index contributed by atoms with van der Waals surface area (Å²) < 4.78 is 0. The van der Waals surface area contributed by atoms with Crippen LogP contribution in [-0.2, 0) is 0 Å². The largest absolute Gasteiger partial charge is 0.287 e. The summed E-state index contributed by atoms with van der Waals surface area (Å²) in [5.41, 5.74) is 6.78. The van der Waals surface area contributed by atoms with Crippen molar-refractivity contribution in [2.24, 2.45) is 17.8 Å². The number of hydrogen-bond acceptors (Lipinski definition) is 2. The standard InChI is InChI=1S/C17H20Cl2N2O/c18-13-1-2-15(19)14(6-13)16(22)20-21-17-7-10-3-11(8-17)5-12(4-10)9-17/h1-2,6,10-12,21H,3-5,7-9H2,(H,20,22). The third-order valence-corrected chi connectivity index (χ3v) is 6.22. The molecule has 0 aliphatic heterocycles. The van der Waals surface area contributed by atoms with Gasteiger partial charge in [0.1, 0.15) is 0 Å². The van der Waals surface area contributed by atoms with Gasteiger partial charge in [0.25, 0.3) is 5.91 Å². The van der Waals surface area contributed by atoms with Crippen molar-refractivity contribution in [3.8, 4) is 0 Å². The van der Waals surface area contributed by atoms with E-state index in [1.54, 1.807) is 18.2 Å². The van der Waals surface area contributed by atoms with Gasteiger partial charge in [-0.05, 0) is 74.5 Å². The molecule has 3 nitrogen and oxygen atoms in total. The third-order valence-electron chi connectivity index (χ3n) is 5.65. The van der Waals surface area contributed by atoms with Gasteiger partial charge in [-0.1, -0.05) is 23.2 Å². The molecule has 1 aromatic carbocycles. The van der Waals surface area contributed by atoms with Crippen LogP contribution < -0.4 is 10.9 Å². The molecule has 22 heavy (non-hydrogen) atoms. The van der Waals surface area contributed by atoms with E-state index < -0.39 is 0 Å². The minimum absolute atomic E-state index is 0.0927. The molecule has 0 radical (unpaired) electrons. The van der Waals surface area contributed by atoms with Crippen molar-refractivity contribution in [1.29, 1.82) is 0 Å². The van der Waals surface area contributed by atoms with Gasteiger partial charge in [0, 0.05) is 10.6 Å². The Morgan fingerprint density at radius 2 is 1.64 bits per heavy atom. The first-order valence-electron chi connectivity index (χ1n) is 8.06. The second kappa shape index (κ2) is 5.40. The molecule has 4 bridgehead atoms.